The molecule has 0 saturated carbocycles. The Balaban J connectivity index is 2.38. The van der Waals surface area contributed by atoms with Crippen LogP contribution in [0.15, 0.2) is 16.8 Å². The summed E-state index contributed by atoms with van der Waals surface area (Å²) in [6.45, 7) is 2.79. The van der Waals surface area contributed by atoms with E-state index in [1.807, 2.05) is 18.4 Å². The van der Waals surface area contributed by atoms with Crippen LogP contribution in [0.2, 0.25) is 0 Å². The van der Waals surface area contributed by atoms with Gasteiger partial charge in [0.25, 0.3) is 0 Å². The van der Waals surface area contributed by atoms with E-state index in [0.717, 1.165) is 0 Å². The average Bonchev–Trinajstić information content (AvgIpc) is 2.72. The number of carbonyl (C=O) groups excluding carboxylic acids is 1. The quantitative estimate of drug-likeness (QED) is 0.779. The van der Waals surface area contributed by atoms with Gasteiger partial charge in [-0.05, 0) is 29.3 Å². The maximum Gasteiger partial charge on any atom is 0.315 e. The molecule has 0 aliphatic heterocycles. The lowest BCUT2D eigenvalue weighted by atomic mass is 10.2. The van der Waals surface area contributed by atoms with E-state index >= 15 is 0 Å². The fourth-order valence-corrected chi connectivity index (χ4v) is 2.83. The molecule has 2 N–H and O–H groups in total. The Morgan fingerprint density at radius 3 is 3.07 bits per heavy atom. The van der Waals surface area contributed by atoms with Gasteiger partial charge in [0.1, 0.15) is 0 Å². The van der Waals surface area contributed by atoms with Crippen LogP contribution < -0.4 is 5.73 Å². The lowest BCUT2D eigenvalue weighted by Gasteiger charge is -2.12. The monoisotopic (exact) mass is 245 g/mol. The largest absolute Gasteiger partial charge is 0.465 e. The van der Waals surface area contributed by atoms with Crippen LogP contribution in [-0.4, -0.2) is 24.9 Å². The van der Waals surface area contributed by atoms with E-state index in [2.05, 4.69) is 5.38 Å². The summed E-state index contributed by atoms with van der Waals surface area (Å²) in [5.74, 6) is 0.196. The predicted molar refractivity (Wildman–Crippen MR) is 65.2 cm³/mol. The first-order valence-corrected chi connectivity index (χ1v) is 6.76. The molecule has 1 heterocycles. The Morgan fingerprint density at radius 1 is 1.73 bits per heavy atom. The number of rotatable bonds is 6. The zero-order valence-electron chi connectivity index (χ0n) is 8.64. The summed E-state index contributed by atoms with van der Waals surface area (Å²) >= 11 is 3.18. The molecule has 1 aromatic rings. The molecule has 0 spiro atoms. The molecular formula is C10H15NO2S2. The van der Waals surface area contributed by atoms with Crippen molar-refractivity contribution in [3.8, 4) is 0 Å². The van der Waals surface area contributed by atoms with Gasteiger partial charge in [-0.15, -0.1) is 11.8 Å². The Morgan fingerprint density at radius 2 is 2.53 bits per heavy atom. The molecule has 1 rings (SSSR count). The summed E-state index contributed by atoms with van der Waals surface area (Å²) in [4.78, 5) is 11.2. The van der Waals surface area contributed by atoms with Crippen molar-refractivity contribution >= 4 is 29.1 Å². The predicted octanol–water partition coefficient (Wildman–Crippen LogP) is 2.04. The molecule has 1 atom stereocenters. The van der Waals surface area contributed by atoms with Crippen molar-refractivity contribution < 1.29 is 9.53 Å². The molecule has 3 nitrogen and oxygen atoms in total. The molecule has 1 aromatic heterocycles. The topological polar surface area (TPSA) is 52.3 Å². The van der Waals surface area contributed by atoms with Crippen LogP contribution in [0.5, 0.6) is 0 Å². The van der Waals surface area contributed by atoms with Crippen molar-refractivity contribution in [1.82, 2.24) is 0 Å². The van der Waals surface area contributed by atoms with Gasteiger partial charge in [-0.3, -0.25) is 4.79 Å². The number of carbonyl (C=O) groups is 1. The second-order valence-electron chi connectivity index (χ2n) is 2.90. The molecule has 15 heavy (non-hydrogen) atoms. The highest BCUT2D eigenvalue weighted by Gasteiger charge is 2.13. The molecule has 0 amide bonds. The van der Waals surface area contributed by atoms with E-state index < -0.39 is 0 Å². The molecule has 0 aliphatic carbocycles. The third kappa shape index (κ3) is 4.24. The van der Waals surface area contributed by atoms with Crippen molar-refractivity contribution in [1.29, 1.82) is 0 Å². The van der Waals surface area contributed by atoms with Gasteiger partial charge in [0.15, 0.2) is 0 Å². The normalized spacial score (nSPS) is 12.4. The summed E-state index contributed by atoms with van der Waals surface area (Å²) in [6, 6.07) is 2.04. The molecule has 0 bridgehead atoms. The van der Waals surface area contributed by atoms with Gasteiger partial charge in [-0.25, -0.2) is 0 Å². The van der Waals surface area contributed by atoms with Gasteiger partial charge < -0.3 is 10.5 Å². The molecule has 1 unspecified atom stereocenters. The van der Waals surface area contributed by atoms with Crippen molar-refractivity contribution in [2.24, 2.45) is 5.73 Å². The fraction of sp³-hybridized carbons (Fsp3) is 0.500. The molecule has 0 aromatic carbocycles. The fourth-order valence-electron chi connectivity index (χ4n) is 1.13. The summed E-state index contributed by atoms with van der Waals surface area (Å²) in [6.07, 6.45) is 0. The lowest BCUT2D eigenvalue weighted by molar-refractivity contribution is -0.139. The van der Waals surface area contributed by atoms with Gasteiger partial charge in [-0.1, -0.05) is 0 Å². The zero-order chi connectivity index (χ0) is 11.1. The summed E-state index contributed by atoms with van der Waals surface area (Å²) < 4.78 is 4.86. The molecule has 0 aliphatic rings. The number of esters is 1. The van der Waals surface area contributed by atoms with Crippen LogP contribution in [0.1, 0.15) is 17.7 Å². The first-order chi connectivity index (χ1) is 7.27. The number of thioether (sulfide) groups is 1. The number of hydrogen-bond donors (Lipinski definition) is 1. The van der Waals surface area contributed by atoms with Crippen LogP contribution in [-0.2, 0) is 9.53 Å². The van der Waals surface area contributed by atoms with Crippen LogP contribution in [0, 0.1) is 0 Å². The molecule has 0 radical (unpaired) electrons. The van der Waals surface area contributed by atoms with Crippen molar-refractivity contribution in [2.45, 2.75) is 12.2 Å². The first-order valence-electron chi connectivity index (χ1n) is 4.77. The van der Waals surface area contributed by atoms with Gasteiger partial charge in [0, 0.05) is 11.8 Å². The van der Waals surface area contributed by atoms with Crippen molar-refractivity contribution in [3.63, 3.8) is 0 Å². The van der Waals surface area contributed by atoms with Crippen molar-refractivity contribution in [3.05, 3.63) is 22.4 Å². The first kappa shape index (κ1) is 12.5. The van der Waals surface area contributed by atoms with E-state index in [1.165, 1.54) is 17.3 Å². The van der Waals surface area contributed by atoms with E-state index in [9.17, 15) is 4.79 Å². The van der Waals surface area contributed by atoms with Crippen molar-refractivity contribution in [2.75, 3.05) is 18.9 Å². The summed E-state index contributed by atoms with van der Waals surface area (Å²) in [5, 5.41) is 4.28. The smallest absolute Gasteiger partial charge is 0.315 e. The number of nitrogens with two attached hydrogens (primary N) is 1. The molecule has 0 fully saturated rings. The Kier molecular flexibility index (Phi) is 5.75. The highest BCUT2D eigenvalue weighted by atomic mass is 32.2. The summed E-state index contributed by atoms with van der Waals surface area (Å²) in [5.41, 5.74) is 6.85. The third-order valence-corrected chi connectivity index (χ3v) is 3.81. The van der Waals surface area contributed by atoms with E-state index in [-0.39, 0.29) is 11.2 Å². The maximum absolute atomic E-state index is 11.2. The summed E-state index contributed by atoms with van der Waals surface area (Å²) in [7, 11) is 0. The number of hydrogen-bond acceptors (Lipinski definition) is 5. The minimum atomic E-state index is -0.170. The number of thiophene rings is 1. The van der Waals surface area contributed by atoms with E-state index in [0.29, 0.717) is 18.9 Å². The standard InChI is InChI=1S/C10H15NO2S2/c1-2-13-10(12)7-15-9(5-11)8-3-4-14-6-8/h3-4,6,9H,2,5,7,11H2,1H3. The molecule has 5 heteroatoms. The van der Waals surface area contributed by atoms with Crippen LogP contribution in [0.3, 0.4) is 0 Å². The molecule has 0 saturated heterocycles. The SMILES string of the molecule is CCOC(=O)CSC(CN)c1ccsc1. The highest BCUT2D eigenvalue weighted by molar-refractivity contribution is 8.00. The second kappa shape index (κ2) is 6.87. The zero-order valence-corrected chi connectivity index (χ0v) is 10.3. The Labute approximate surface area is 98.0 Å². The molecule has 84 valence electrons. The Hall–Kier alpha value is -0.520. The van der Waals surface area contributed by atoms with Crippen LogP contribution in [0.4, 0.5) is 0 Å². The van der Waals surface area contributed by atoms with Gasteiger partial charge in [-0.2, -0.15) is 11.3 Å². The van der Waals surface area contributed by atoms with E-state index in [1.54, 1.807) is 11.3 Å². The van der Waals surface area contributed by atoms with Gasteiger partial charge in [0.05, 0.1) is 12.4 Å². The van der Waals surface area contributed by atoms with Gasteiger partial charge in [0.2, 0.25) is 0 Å². The lowest BCUT2D eigenvalue weighted by Crippen LogP contribution is -2.13. The molecular weight excluding hydrogens is 230 g/mol. The van der Waals surface area contributed by atoms with E-state index in [4.69, 9.17) is 10.5 Å². The van der Waals surface area contributed by atoms with Crippen LogP contribution >= 0.6 is 23.1 Å². The Bertz CT molecular complexity index is 288. The third-order valence-electron chi connectivity index (χ3n) is 1.84. The minimum absolute atomic E-state index is 0.170. The number of ether oxygens (including phenoxy) is 1. The van der Waals surface area contributed by atoms with Crippen LogP contribution in [0.25, 0.3) is 0 Å². The van der Waals surface area contributed by atoms with Gasteiger partial charge >= 0.3 is 5.97 Å². The maximum atomic E-state index is 11.2. The second-order valence-corrected chi connectivity index (χ2v) is 4.87. The average molecular weight is 245 g/mol. The minimum Gasteiger partial charge on any atom is -0.465 e. The highest BCUT2D eigenvalue weighted by Crippen LogP contribution is 2.29.